The number of imidazole rings is 1. The van der Waals surface area contributed by atoms with Crippen molar-refractivity contribution in [1.82, 2.24) is 19.9 Å². The molecule has 0 aliphatic carbocycles. The maximum atomic E-state index is 12.6. The van der Waals surface area contributed by atoms with Crippen LogP contribution in [0.25, 0.3) is 11.4 Å². The Bertz CT molecular complexity index is 765. The highest BCUT2D eigenvalue weighted by atomic mass is 19.1. The highest BCUT2D eigenvalue weighted by Gasteiger charge is 2.06. The molecule has 3 aromatic rings. The minimum absolute atomic E-state index is 0.387. The number of H-pyrrole nitrogens is 1. The van der Waals surface area contributed by atoms with Crippen molar-refractivity contribution in [2.24, 2.45) is 0 Å². The van der Waals surface area contributed by atoms with Gasteiger partial charge in [-0.25, -0.2) is 19.3 Å². The molecule has 27 heavy (non-hydrogen) atoms. The van der Waals surface area contributed by atoms with Crippen LogP contribution in [0.5, 0.6) is 0 Å². The van der Waals surface area contributed by atoms with E-state index in [1.165, 1.54) is 18.1 Å². The third-order valence-electron chi connectivity index (χ3n) is 3.93. The summed E-state index contributed by atoms with van der Waals surface area (Å²) >= 11 is 0. The van der Waals surface area contributed by atoms with Gasteiger partial charge in [-0.15, -0.1) is 0 Å². The van der Waals surface area contributed by atoms with E-state index >= 15 is 0 Å². The Hall–Kier alpha value is -2.76. The van der Waals surface area contributed by atoms with E-state index in [1.807, 2.05) is 24.4 Å². The third-order valence-corrected chi connectivity index (χ3v) is 3.93. The number of nitrogens with one attached hydrogen (secondary N) is 1. The Morgan fingerprint density at radius 2 is 1.52 bits per heavy atom. The van der Waals surface area contributed by atoms with Crippen LogP contribution in [0, 0.1) is 5.82 Å². The fraction of sp³-hybridized carbons (Fsp3) is 0.381. The summed E-state index contributed by atoms with van der Waals surface area (Å²) < 4.78 is 12.6. The van der Waals surface area contributed by atoms with Crippen LogP contribution in [0.3, 0.4) is 0 Å². The van der Waals surface area contributed by atoms with E-state index in [9.17, 15) is 4.39 Å². The van der Waals surface area contributed by atoms with Gasteiger partial charge in [0.05, 0.1) is 12.4 Å². The number of aromatic amines is 1. The van der Waals surface area contributed by atoms with Crippen molar-refractivity contribution in [1.29, 1.82) is 0 Å². The summed E-state index contributed by atoms with van der Waals surface area (Å²) in [6, 6.07) is 10.1. The average Bonchev–Trinajstić information content (AvgIpc) is 3.19. The van der Waals surface area contributed by atoms with E-state index < -0.39 is 0 Å². The fourth-order valence-corrected chi connectivity index (χ4v) is 2.60. The van der Waals surface area contributed by atoms with E-state index in [0.29, 0.717) is 5.95 Å². The predicted octanol–water partition coefficient (Wildman–Crippen LogP) is 4.88. The predicted molar refractivity (Wildman–Crippen MR) is 108 cm³/mol. The number of nitrogens with zero attached hydrogens (tertiary/aromatic N) is 4. The second-order valence-electron chi connectivity index (χ2n) is 6.16. The Balaban J connectivity index is 0.000000194. The van der Waals surface area contributed by atoms with E-state index in [-0.39, 0.29) is 5.82 Å². The van der Waals surface area contributed by atoms with Gasteiger partial charge in [-0.1, -0.05) is 51.1 Å². The highest BCUT2D eigenvalue weighted by Crippen LogP contribution is 2.14. The Morgan fingerprint density at radius 3 is 2.04 bits per heavy atom. The number of benzene rings is 1. The van der Waals surface area contributed by atoms with Gasteiger partial charge in [0.2, 0.25) is 5.95 Å². The fourth-order valence-electron chi connectivity index (χ4n) is 2.60. The van der Waals surface area contributed by atoms with E-state index in [0.717, 1.165) is 43.7 Å². The number of anilines is 1. The minimum Gasteiger partial charge on any atom is -0.342 e. The normalized spacial score (nSPS) is 10.2. The molecule has 0 unspecified atom stereocenters. The summed E-state index contributed by atoms with van der Waals surface area (Å²) in [4.78, 5) is 17.5. The van der Waals surface area contributed by atoms with Crippen LogP contribution >= 0.6 is 0 Å². The molecule has 0 saturated carbocycles. The second-order valence-corrected chi connectivity index (χ2v) is 6.16. The lowest BCUT2D eigenvalue weighted by Crippen LogP contribution is -2.26. The first-order chi connectivity index (χ1) is 13.2. The summed E-state index contributed by atoms with van der Waals surface area (Å²) in [6.45, 7) is 8.15. The zero-order chi connectivity index (χ0) is 19.5. The number of aromatic nitrogens is 4. The monoisotopic (exact) mass is 369 g/mol. The van der Waals surface area contributed by atoms with Gasteiger partial charge in [0.25, 0.3) is 0 Å². The molecule has 0 atom stereocenters. The lowest BCUT2D eigenvalue weighted by molar-refractivity contribution is 0.609. The Kier molecular flexibility index (Phi) is 8.42. The van der Waals surface area contributed by atoms with Crippen LogP contribution in [-0.4, -0.2) is 33.0 Å². The van der Waals surface area contributed by atoms with Crippen molar-refractivity contribution >= 4 is 5.95 Å². The first kappa shape index (κ1) is 20.6. The van der Waals surface area contributed by atoms with Crippen LogP contribution < -0.4 is 4.90 Å². The molecule has 2 heterocycles. The van der Waals surface area contributed by atoms with Crippen LogP contribution in [0.1, 0.15) is 39.3 Å². The number of hydrogen-bond donors (Lipinski definition) is 1. The first-order valence-corrected chi connectivity index (χ1v) is 9.49. The lowest BCUT2D eigenvalue weighted by atomic mass is 10.2. The van der Waals surface area contributed by atoms with Crippen molar-refractivity contribution < 1.29 is 4.39 Å². The summed E-state index contributed by atoms with van der Waals surface area (Å²) in [5.41, 5.74) is 2.32. The van der Waals surface area contributed by atoms with Gasteiger partial charge in [0, 0.05) is 30.5 Å². The molecule has 1 aromatic carbocycles. The SMILES string of the molecule is CCCN(CCC)c1ncc(F)cn1.CCc1cnc(-c2ccccc2)[nH]1. The van der Waals surface area contributed by atoms with Crippen molar-refractivity contribution in [3.63, 3.8) is 0 Å². The van der Waals surface area contributed by atoms with Gasteiger partial charge in [0.1, 0.15) is 5.82 Å². The molecule has 5 nitrogen and oxygen atoms in total. The average molecular weight is 369 g/mol. The largest absolute Gasteiger partial charge is 0.342 e. The topological polar surface area (TPSA) is 57.7 Å². The first-order valence-electron chi connectivity index (χ1n) is 9.49. The summed E-state index contributed by atoms with van der Waals surface area (Å²) in [6.07, 6.45) is 7.39. The van der Waals surface area contributed by atoms with Gasteiger partial charge in [-0.2, -0.15) is 0 Å². The molecular formula is C21H28FN5. The second kappa shape index (κ2) is 11.1. The molecule has 6 heteroatoms. The molecule has 2 aromatic heterocycles. The van der Waals surface area contributed by atoms with Gasteiger partial charge in [0.15, 0.2) is 5.82 Å². The molecule has 0 fully saturated rings. The van der Waals surface area contributed by atoms with Crippen molar-refractivity contribution in [3.8, 4) is 11.4 Å². The quantitative estimate of drug-likeness (QED) is 0.645. The molecule has 0 spiro atoms. The van der Waals surface area contributed by atoms with E-state index in [2.05, 4.69) is 57.7 Å². The summed E-state index contributed by atoms with van der Waals surface area (Å²) in [7, 11) is 0. The Labute approximate surface area is 160 Å². The number of aryl methyl sites for hydroxylation is 1. The molecule has 1 N–H and O–H groups in total. The van der Waals surface area contributed by atoms with Gasteiger partial charge in [-0.05, 0) is 19.3 Å². The zero-order valence-corrected chi connectivity index (χ0v) is 16.3. The van der Waals surface area contributed by atoms with E-state index in [1.54, 1.807) is 0 Å². The molecule has 0 bridgehead atoms. The number of halogens is 1. The van der Waals surface area contributed by atoms with Crippen molar-refractivity contribution in [2.45, 2.75) is 40.0 Å². The van der Waals surface area contributed by atoms with Gasteiger partial charge in [-0.3, -0.25) is 0 Å². The van der Waals surface area contributed by atoms with Crippen molar-refractivity contribution in [3.05, 3.63) is 60.4 Å². The van der Waals surface area contributed by atoms with Crippen LogP contribution in [-0.2, 0) is 6.42 Å². The molecule has 144 valence electrons. The molecule has 0 saturated heterocycles. The number of hydrogen-bond acceptors (Lipinski definition) is 4. The standard InChI is InChI=1S/C11H12N2.C10H16FN3/c1-2-10-8-12-11(13-10)9-6-4-3-5-7-9;1-3-5-14(6-4-2)10-12-7-9(11)8-13-10/h3-8H,2H2,1H3,(H,12,13);7-8H,3-6H2,1-2H3. The third kappa shape index (κ3) is 6.47. The maximum Gasteiger partial charge on any atom is 0.225 e. The maximum absolute atomic E-state index is 12.6. The summed E-state index contributed by atoms with van der Waals surface area (Å²) in [5.74, 6) is 1.19. The molecule has 0 radical (unpaired) electrons. The minimum atomic E-state index is -0.387. The van der Waals surface area contributed by atoms with Crippen molar-refractivity contribution in [2.75, 3.05) is 18.0 Å². The van der Waals surface area contributed by atoms with Gasteiger partial charge >= 0.3 is 0 Å². The Morgan fingerprint density at radius 1 is 0.889 bits per heavy atom. The highest BCUT2D eigenvalue weighted by molar-refractivity contribution is 5.54. The van der Waals surface area contributed by atoms with Gasteiger partial charge < -0.3 is 9.88 Å². The lowest BCUT2D eigenvalue weighted by Gasteiger charge is -2.20. The molecular weight excluding hydrogens is 341 g/mol. The molecule has 3 rings (SSSR count). The number of rotatable bonds is 7. The summed E-state index contributed by atoms with van der Waals surface area (Å²) in [5, 5.41) is 0. The van der Waals surface area contributed by atoms with Crippen LogP contribution in [0.15, 0.2) is 48.9 Å². The van der Waals surface area contributed by atoms with Crippen LogP contribution in [0.4, 0.5) is 10.3 Å². The molecule has 0 amide bonds. The zero-order valence-electron chi connectivity index (χ0n) is 16.3. The smallest absolute Gasteiger partial charge is 0.225 e. The molecule has 0 aliphatic rings. The van der Waals surface area contributed by atoms with Crippen LogP contribution in [0.2, 0.25) is 0 Å². The van der Waals surface area contributed by atoms with E-state index in [4.69, 9.17) is 0 Å². The molecule has 0 aliphatic heterocycles.